The number of hydrogen-bond donors (Lipinski definition) is 0. The Kier molecular flexibility index (Phi) is 1.66. The summed E-state index contributed by atoms with van der Waals surface area (Å²) in [5.41, 5.74) is 0. The maximum absolute atomic E-state index is 10.9. The number of hydrogen-bond acceptors (Lipinski definition) is 4. The van der Waals surface area contributed by atoms with E-state index in [2.05, 4.69) is 21.0 Å². The molecule has 0 unspecified atom stereocenters. The van der Waals surface area contributed by atoms with Gasteiger partial charge in [-0.3, -0.25) is 4.79 Å². The quantitative estimate of drug-likeness (QED) is 0.531. The first-order chi connectivity index (χ1) is 4.72. The third kappa shape index (κ3) is 1.12. The molecule has 1 radical (unpaired) electrons. The number of carbonyl (C=O) groups is 1. The third-order valence-corrected chi connectivity index (χ3v) is 0.913. The maximum atomic E-state index is 10.9. The first-order valence-electron chi connectivity index (χ1n) is 2.63. The molecule has 0 aliphatic heterocycles. The molecule has 0 fully saturated rings. The number of nitrogens with zero attached hydrogens (tertiary/aromatic N) is 3. The summed E-state index contributed by atoms with van der Waals surface area (Å²) < 4.78 is 4.52. The summed E-state index contributed by atoms with van der Waals surface area (Å²) >= 11 is 0. The Morgan fingerprint density at radius 1 is 1.70 bits per heavy atom. The zero-order valence-electron chi connectivity index (χ0n) is 5.66. The average Bonchev–Trinajstić information content (AvgIpc) is 2.36. The number of rotatable bonds is 1. The second kappa shape index (κ2) is 2.47. The first kappa shape index (κ1) is 6.73. The van der Waals surface area contributed by atoms with E-state index in [1.54, 1.807) is 14.1 Å². The molecule has 1 heterocycles. The lowest BCUT2D eigenvalue weighted by Crippen LogP contribution is -2.21. The predicted molar refractivity (Wildman–Crippen MR) is 31.2 cm³/mol. The van der Waals surface area contributed by atoms with E-state index < -0.39 is 0 Å². The van der Waals surface area contributed by atoms with Crippen LogP contribution in [0.25, 0.3) is 0 Å². The number of aromatic nitrogens is 2. The van der Waals surface area contributed by atoms with Crippen molar-refractivity contribution in [2.45, 2.75) is 0 Å². The smallest absolute Gasteiger partial charge is 0.310 e. The van der Waals surface area contributed by atoms with E-state index in [0.717, 1.165) is 0 Å². The highest BCUT2D eigenvalue weighted by Gasteiger charge is 2.12. The molecule has 5 heteroatoms. The molecular formula is C5H6N3O2. The molecule has 1 amide bonds. The fourth-order valence-electron chi connectivity index (χ4n) is 0.428. The number of carbonyl (C=O) groups excluding carboxylic acids is 1. The minimum Gasteiger partial charge on any atom is -0.408 e. The SMILES string of the molecule is CN(C)C(=O)c1nn[c]o1. The van der Waals surface area contributed by atoms with Crippen molar-refractivity contribution in [2.75, 3.05) is 14.1 Å². The fraction of sp³-hybridized carbons (Fsp3) is 0.400. The summed E-state index contributed by atoms with van der Waals surface area (Å²) in [6.07, 6.45) is 2.08. The van der Waals surface area contributed by atoms with Crippen LogP contribution >= 0.6 is 0 Å². The second-order valence-electron chi connectivity index (χ2n) is 1.90. The van der Waals surface area contributed by atoms with Crippen molar-refractivity contribution in [2.24, 2.45) is 0 Å². The van der Waals surface area contributed by atoms with Crippen LogP contribution in [0.2, 0.25) is 0 Å². The second-order valence-corrected chi connectivity index (χ2v) is 1.90. The lowest BCUT2D eigenvalue weighted by molar-refractivity contribution is 0.0788. The van der Waals surface area contributed by atoms with E-state index in [0.29, 0.717) is 0 Å². The van der Waals surface area contributed by atoms with E-state index >= 15 is 0 Å². The van der Waals surface area contributed by atoms with Gasteiger partial charge in [0.2, 0.25) is 0 Å². The molecule has 0 aliphatic rings. The summed E-state index contributed by atoms with van der Waals surface area (Å²) in [5, 5.41) is 6.61. The van der Waals surface area contributed by atoms with Crippen LogP contribution in [0.15, 0.2) is 4.42 Å². The van der Waals surface area contributed by atoms with Crippen LogP contribution in [0.4, 0.5) is 0 Å². The van der Waals surface area contributed by atoms with Gasteiger partial charge >= 0.3 is 18.2 Å². The van der Waals surface area contributed by atoms with Gasteiger partial charge < -0.3 is 9.32 Å². The molecule has 0 N–H and O–H groups in total. The lowest BCUT2D eigenvalue weighted by Gasteiger charge is -2.04. The Morgan fingerprint density at radius 3 is 2.80 bits per heavy atom. The zero-order valence-corrected chi connectivity index (χ0v) is 5.66. The van der Waals surface area contributed by atoms with Crippen LogP contribution in [0, 0.1) is 6.39 Å². The highest BCUT2D eigenvalue weighted by Crippen LogP contribution is 1.93. The molecule has 1 aromatic heterocycles. The van der Waals surface area contributed by atoms with E-state index in [4.69, 9.17) is 0 Å². The van der Waals surface area contributed by atoms with Gasteiger partial charge in [-0.05, 0) is 0 Å². The van der Waals surface area contributed by atoms with Gasteiger partial charge in [-0.2, -0.15) is 0 Å². The molecule has 5 nitrogen and oxygen atoms in total. The van der Waals surface area contributed by atoms with Gasteiger partial charge in [-0.25, -0.2) is 0 Å². The summed E-state index contributed by atoms with van der Waals surface area (Å²) in [5.74, 6) is -0.348. The molecule has 10 heavy (non-hydrogen) atoms. The van der Waals surface area contributed by atoms with Gasteiger partial charge in [-0.1, -0.05) is 0 Å². The van der Waals surface area contributed by atoms with E-state index in [1.165, 1.54) is 4.90 Å². The highest BCUT2D eigenvalue weighted by atomic mass is 16.4. The van der Waals surface area contributed by atoms with Gasteiger partial charge in [0.1, 0.15) is 0 Å². The van der Waals surface area contributed by atoms with Crippen molar-refractivity contribution in [3.05, 3.63) is 12.3 Å². The van der Waals surface area contributed by atoms with Crippen LogP contribution in [-0.4, -0.2) is 35.1 Å². The van der Waals surface area contributed by atoms with Crippen LogP contribution < -0.4 is 0 Å². The van der Waals surface area contributed by atoms with Crippen molar-refractivity contribution in [3.8, 4) is 0 Å². The molecule has 0 spiro atoms. The first-order valence-corrected chi connectivity index (χ1v) is 2.63. The van der Waals surface area contributed by atoms with Gasteiger partial charge in [0.05, 0.1) is 0 Å². The molecule has 0 saturated carbocycles. The number of amides is 1. The van der Waals surface area contributed by atoms with Crippen molar-refractivity contribution >= 4 is 5.91 Å². The van der Waals surface area contributed by atoms with Crippen molar-refractivity contribution < 1.29 is 9.21 Å². The molecule has 1 rings (SSSR count). The minimum absolute atomic E-state index is 0.0370. The zero-order chi connectivity index (χ0) is 7.56. The van der Waals surface area contributed by atoms with Crippen LogP contribution in [0.5, 0.6) is 0 Å². The van der Waals surface area contributed by atoms with Crippen LogP contribution in [0.3, 0.4) is 0 Å². The minimum atomic E-state index is -0.311. The Balaban J connectivity index is 2.78. The van der Waals surface area contributed by atoms with Crippen molar-refractivity contribution in [3.63, 3.8) is 0 Å². The maximum Gasteiger partial charge on any atom is 0.310 e. The molecule has 0 aromatic carbocycles. The molecule has 53 valence electrons. The van der Waals surface area contributed by atoms with Crippen LogP contribution in [0.1, 0.15) is 10.7 Å². The van der Waals surface area contributed by atoms with Crippen molar-refractivity contribution in [1.29, 1.82) is 0 Å². The molecule has 0 atom stereocenters. The van der Waals surface area contributed by atoms with Gasteiger partial charge in [0.25, 0.3) is 0 Å². The molecular weight excluding hydrogens is 134 g/mol. The van der Waals surface area contributed by atoms with Crippen LogP contribution in [-0.2, 0) is 0 Å². The third-order valence-electron chi connectivity index (χ3n) is 0.913. The highest BCUT2D eigenvalue weighted by molar-refractivity contribution is 5.88. The normalized spacial score (nSPS) is 9.40. The summed E-state index contributed by atoms with van der Waals surface area (Å²) in [6, 6.07) is 0. The standard InChI is InChI=1S/C5H6N3O2/c1-8(2)5(9)4-7-6-3-10-4/h1-2H3. The van der Waals surface area contributed by atoms with Gasteiger partial charge in [0.15, 0.2) is 0 Å². The van der Waals surface area contributed by atoms with Gasteiger partial charge in [0, 0.05) is 14.1 Å². The Hall–Kier alpha value is -1.39. The molecule has 0 saturated heterocycles. The molecule has 0 aliphatic carbocycles. The van der Waals surface area contributed by atoms with E-state index in [9.17, 15) is 4.79 Å². The largest absolute Gasteiger partial charge is 0.408 e. The molecule has 1 aromatic rings. The predicted octanol–water partition coefficient (Wildman–Crippen LogP) is -0.428. The molecule has 0 bridgehead atoms. The summed E-state index contributed by atoms with van der Waals surface area (Å²) in [6.45, 7) is 0. The van der Waals surface area contributed by atoms with Crippen molar-refractivity contribution in [1.82, 2.24) is 15.1 Å². The summed E-state index contributed by atoms with van der Waals surface area (Å²) in [7, 11) is 3.21. The van der Waals surface area contributed by atoms with Gasteiger partial charge in [-0.15, -0.1) is 10.2 Å². The Labute approximate surface area is 57.6 Å². The fourth-order valence-corrected chi connectivity index (χ4v) is 0.428. The topological polar surface area (TPSA) is 59.2 Å². The monoisotopic (exact) mass is 140 g/mol. The van der Waals surface area contributed by atoms with E-state index in [-0.39, 0.29) is 11.8 Å². The summed E-state index contributed by atoms with van der Waals surface area (Å²) in [4.78, 5) is 12.3. The average molecular weight is 140 g/mol. The Bertz CT molecular complexity index is 217. The van der Waals surface area contributed by atoms with E-state index in [1.807, 2.05) is 0 Å². The lowest BCUT2D eigenvalue weighted by atomic mass is 10.6. The Morgan fingerprint density at radius 2 is 2.40 bits per heavy atom.